The Bertz CT molecular complexity index is 596. The number of halogens is 2. The molecule has 0 radical (unpaired) electrons. The lowest BCUT2D eigenvalue weighted by Crippen LogP contribution is -2.16. The zero-order valence-electron chi connectivity index (χ0n) is 12.9. The van der Waals surface area contributed by atoms with Crippen LogP contribution in [-0.4, -0.2) is 5.78 Å². The minimum Gasteiger partial charge on any atom is -0.298 e. The number of carbonyl (C=O) groups excluding carboxylic acids is 1. The van der Waals surface area contributed by atoms with E-state index in [0.717, 1.165) is 22.3 Å². The molecular weight excluding hydrogens is 315 g/mol. The quantitative estimate of drug-likeness (QED) is 0.624. The van der Waals surface area contributed by atoms with E-state index in [2.05, 4.69) is 0 Å². The Morgan fingerprint density at radius 1 is 0.864 bits per heavy atom. The maximum absolute atomic E-state index is 12.8. The third-order valence-corrected chi connectivity index (χ3v) is 4.68. The summed E-state index contributed by atoms with van der Waals surface area (Å²) in [5, 5.41) is 0. The average molecular weight is 335 g/mol. The van der Waals surface area contributed by atoms with Crippen LogP contribution in [0.2, 0.25) is 0 Å². The summed E-state index contributed by atoms with van der Waals surface area (Å²) in [6, 6.07) is 15.9. The van der Waals surface area contributed by atoms with Gasteiger partial charge in [-0.1, -0.05) is 62.4 Å². The van der Waals surface area contributed by atoms with Crippen molar-refractivity contribution in [2.45, 2.75) is 37.4 Å². The lowest BCUT2D eigenvalue weighted by Gasteiger charge is -2.18. The number of Topliss-reactive ketones (excluding diaryl/α,β-unsaturated/α-hetero) is 1. The van der Waals surface area contributed by atoms with Gasteiger partial charge in [-0.2, -0.15) is 0 Å². The molecule has 116 valence electrons. The van der Waals surface area contributed by atoms with Crippen molar-refractivity contribution >= 4 is 29.0 Å². The zero-order valence-corrected chi connectivity index (χ0v) is 14.4. The topological polar surface area (TPSA) is 17.1 Å². The van der Waals surface area contributed by atoms with Gasteiger partial charge in [-0.15, -0.1) is 23.2 Å². The van der Waals surface area contributed by atoms with E-state index < -0.39 is 0 Å². The van der Waals surface area contributed by atoms with Crippen molar-refractivity contribution in [2.24, 2.45) is 0 Å². The van der Waals surface area contributed by atoms with Crippen LogP contribution >= 0.6 is 23.2 Å². The molecule has 1 nitrogen and oxygen atoms in total. The van der Waals surface area contributed by atoms with E-state index in [1.165, 1.54) is 0 Å². The number of carbonyl (C=O) groups is 1. The molecule has 22 heavy (non-hydrogen) atoms. The van der Waals surface area contributed by atoms with Gasteiger partial charge < -0.3 is 0 Å². The highest BCUT2D eigenvalue weighted by molar-refractivity contribution is 6.17. The normalized spacial score (nSPS) is 13.6. The van der Waals surface area contributed by atoms with Crippen LogP contribution in [0.4, 0.5) is 0 Å². The van der Waals surface area contributed by atoms with Crippen molar-refractivity contribution < 1.29 is 4.79 Å². The number of ketones is 1. The largest absolute Gasteiger partial charge is 0.298 e. The van der Waals surface area contributed by atoms with Gasteiger partial charge in [0, 0.05) is 23.6 Å². The molecule has 0 fully saturated rings. The van der Waals surface area contributed by atoms with Crippen LogP contribution in [0.15, 0.2) is 48.5 Å². The first-order chi connectivity index (χ1) is 10.6. The van der Waals surface area contributed by atoms with Crippen molar-refractivity contribution in [1.29, 1.82) is 0 Å². The molecule has 0 aliphatic rings. The SMILES string of the molecule is CC(C(=O)C(C)c1cccc(CCl)c1)c1cccc(CCl)c1. The molecule has 0 aromatic heterocycles. The van der Waals surface area contributed by atoms with Crippen molar-refractivity contribution in [3.05, 3.63) is 70.8 Å². The van der Waals surface area contributed by atoms with E-state index in [1.807, 2.05) is 62.4 Å². The smallest absolute Gasteiger partial charge is 0.147 e. The Balaban J connectivity index is 2.21. The molecule has 2 aromatic carbocycles. The lowest BCUT2D eigenvalue weighted by atomic mass is 9.85. The van der Waals surface area contributed by atoms with Crippen molar-refractivity contribution in [3.8, 4) is 0 Å². The molecule has 0 aliphatic carbocycles. The third-order valence-electron chi connectivity index (χ3n) is 4.06. The maximum Gasteiger partial charge on any atom is 0.147 e. The highest BCUT2D eigenvalue weighted by Crippen LogP contribution is 2.27. The lowest BCUT2D eigenvalue weighted by molar-refractivity contribution is -0.121. The van der Waals surface area contributed by atoms with Gasteiger partial charge in [0.15, 0.2) is 0 Å². The van der Waals surface area contributed by atoms with Gasteiger partial charge in [0.2, 0.25) is 0 Å². The summed E-state index contributed by atoms with van der Waals surface area (Å²) < 4.78 is 0. The molecule has 0 heterocycles. The highest BCUT2D eigenvalue weighted by Gasteiger charge is 2.23. The predicted octanol–water partition coefficient (Wildman–Crippen LogP) is 5.64. The van der Waals surface area contributed by atoms with E-state index in [1.54, 1.807) is 0 Å². The van der Waals surface area contributed by atoms with Gasteiger partial charge in [0.1, 0.15) is 5.78 Å². The first kappa shape index (κ1) is 17.1. The number of alkyl halides is 2. The fraction of sp³-hybridized carbons (Fsp3) is 0.316. The van der Waals surface area contributed by atoms with E-state index in [4.69, 9.17) is 23.2 Å². The molecule has 0 amide bonds. The van der Waals surface area contributed by atoms with Crippen LogP contribution in [0.3, 0.4) is 0 Å². The van der Waals surface area contributed by atoms with Crippen molar-refractivity contribution in [2.75, 3.05) is 0 Å². The van der Waals surface area contributed by atoms with Crippen molar-refractivity contribution in [1.82, 2.24) is 0 Å². The fourth-order valence-corrected chi connectivity index (χ4v) is 2.93. The monoisotopic (exact) mass is 334 g/mol. The Morgan fingerprint density at radius 3 is 1.64 bits per heavy atom. The van der Waals surface area contributed by atoms with Crippen LogP contribution in [0, 0.1) is 0 Å². The number of rotatable bonds is 6. The summed E-state index contributed by atoms with van der Waals surface area (Å²) in [4.78, 5) is 12.8. The number of hydrogen-bond donors (Lipinski definition) is 0. The third kappa shape index (κ3) is 3.91. The molecule has 0 aliphatic heterocycles. The fourth-order valence-electron chi connectivity index (χ4n) is 2.59. The van der Waals surface area contributed by atoms with E-state index in [-0.39, 0.29) is 17.6 Å². The standard InChI is InChI=1S/C19H20Cl2O/c1-13(17-7-3-5-15(9-17)11-20)19(22)14(2)18-8-4-6-16(10-18)12-21/h3-10,13-14H,11-12H2,1-2H3. The summed E-state index contributed by atoms with van der Waals surface area (Å²) in [5.41, 5.74) is 4.11. The summed E-state index contributed by atoms with van der Waals surface area (Å²) in [7, 11) is 0. The molecule has 2 atom stereocenters. The number of hydrogen-bond acceptors (Lipinski definition) is 1. The molecule has 0 N–H and O–H groups in total. The molecule has 0 saturated carbocycles. The second kappa shape index (κ2) is 7.80. The van der Waals surface area contributed by atoms with Crippen LogP contribution in [0.1, 0.15) is 47.9 Å². The van der Waals surface area contributed by atoms with Crippen LogP contribution in [0.5, 0.6) is 0 Å². The van der Waals surface area contributed by atoms with Crippen LogP contribution < -0.4 is 0 Å². The Hall–Kier alpha value is -1.31. The van der Waals surface area contributed by atoms with Gasteiger partial charge >= 0.3 is 0 Å². The minimum absolute atomic E-state index is 0.155. The van der Waals surface area contributed by atoms with E-state index in [9.17, 15) is 4.79 Å². The Labute approximate surface area is 142 Å². The highest BCUT2D eigenvalue weighted by atomic mass is 35.5. The Morgan fingerprint density at radius 2 is 1.27 bits per heavy atom. The molecular formula is C19H20Cl2O. The molecule has 3 heteroatoms. The first-order valence-electron chi connectivity index (χ1n) is 7.40. The zero-order chi connectivity index (χ0) is 16.1. The van der Waals surface area contributed by atoms with Gasteiger partial charge in [0.05, 0.1) is 0 Å². The molecule has 2 unspecified atom stereocenters. The summed E-state index contributed by atoms with van der Waals surface area (Å²) in [6.07, 6.45) is 0. The Kier molecular flexibility index (Phi) is 6.05. The van der Waals surface area contributed by atoms with Crippen molar-refractivity contribution in [3.63, 3.8) is 0 Å². The second-order valence-electron chi connectivity index (χ2n) is 5.60. The van der Waals surface area contributed by atoms with Crippen LogP contribution in [0.25, 0.3) is 0 Å². The summed E-state index contributed by atoms with van der Waals surface area (Å²) in [6.45, 7) is 3.91. The molecule has 0 bridgehead atoms. The van der Waals surface area contributed by atoms with Gasteiger partial charge in [-0.05, 0) is 22.3 Å². The molecule has 2 aromatic rings. The second-order valence-corrected chi connectivity index (χ2v) is 6.14. The summed E-state index contributed by atoms with van der Waals surface area (Å²) >= 11 is 11.8. The predicted molar refractivity (Wildman–Crippen MR) is 93.8 cm³/mol. The molecule has 0 saturated heterocycles. The number of benzene rings is 2. The van der Waals surface area contributed by atoms with Gasteiger partial charge in [0.25, 0.3) is 0 Å². The maximum atomic E-state index is 12.8. The van der Waals surface area contributed by atoms with E-state index >= 15 is 0 Å². The first-order valence-corrected chi connectivity index (χ1v) is 8.47. The van der Waals surface area contributed by atoms with E-state index in [0.29, 0.717) is 11.8 Å². The van der Waals surface area contributed by atoms with Gasteiger partial charge in [-0.25, -0.2) is 0 Å². The van der Waals surface area contributed by atoms with Crippen LogP contribution in [-0.2, 0) is 16.6 Å². The molecule has 0 spiro atoms. The minimum atomic E-state index is -0.155. The summed E-state index contributed by atoms with van der Waals surface area (Å²) in [5.74, 6) is 0.818. The van der Waals surface area contributed by atoms with Gasteiger partial charge in [-0.3, -0.25) is 4.79 Å². The average Bonchev–Trinajstić information content (AvgIpc) is 2.59. The molecule has 2 rings (SSSR count).